The quantitative estimate of drug-likeness (QED) is 0.655. The lowest BCUT2D eigenvalue weighted by atomic mass is 9.90. The zero-order valence-corrected chi connectivity index (χ0v) is 18.6. The van der Waals surface area contributed by atoms with Gasteiger partial charge < -0.3 is 15.1 Å². The van der Waals surface area contributed by atoms with Crippen LogP contribution in [0.1, 0.15) is 34.3 Å². The average Bonchev–Trinajstić information content (AvgIpc) is 2.85. The van der Waals surface area contributed by atoms with E-state index in [9.17, 15) is 14.4 Å². The van der Waals surface area contributed by atoms with Crippen molar-refractivity contribution in [2.75, 3.05) is 31.5 Å². The molecular weight excluding hydrogens is 414 g/mol. The predicted octanol–water partition coefficient (Wildman–Crippen LogP) is 3.76. The lowest BCUT2D eigenvalue weighted by Gasteiger charge is -2.36. The molecule has 1 aliphatic rings. The molecule has 0 aliphatic carbocycles. The molecule has 0 atom stereocenters. The van der Waals surface area contributed by atoms with E-state index in [1.54, 1.807) is 29.2 Å². The van der Waals surface area contributed by atoms with Crippen molar-refractivity contribution in [3.63, 3.8) is 0 Å². The van der Waals surface area contributed by atoms with Gasteiger partial charge >= 0.3 is 0 Å². The first-order chi connectivity index (χ1) is 16.0. The van der Waals surface area contributed by atoms with Crippen LogP contribution < -0.4 is 5.32 Å². The molecule has 0 unspecified atom stereocenters. The molecular formula is C27H27N3O3. The van der Waals surface area contributed by atoms with E-state index in [2.05, 4.69) is 5.32 Å². The zero-order chi connectivity index (χ0) is 23.2. The summed E-state index contributed by atoms with van der Waals surface area (Å²) in [5.74, 6) is -0.605. The second-order valence-corrected chi connectivity index (χ2v) is 8.13. The van der Waals surface area contributed by atoms with Gasteiger partial charge in [0.15, 0.2) is 0 Å². The Hall–Kier alpha value is -3.93. The van der Waals surface area contributed by atoms with Gasteiger partial charge in [-0.05, 0) is 29.3 Å². The topological polar surface area (TPSA) is 69.7 Å². The number of hydrogen-bond acceptors (Lipinski definition) is 3. The van der Waals surface area contributed by atoms with Gasteiger partial charge in [0.1, 0.15) is 0 Å². The number of hydrogen-bond donors (Lipinski definition) is 1. The van der Waals surface area contributed by atoms with Crippen molar-refractivity contribution in [3.8, 4) is 0 Å². The van der Waals surface area contributed by atoms with Gasteiger partial charge in [-0.1, -0.05) is 66.7 Å². The third-order valence-electron chi connectivity index (χ3n) is 5.82. The van der Waals surface area contributed by atoms with Gasteiger partial charge in [0, 0.05) is 44.4 Å². The van der Waals surface area contributed by atoms with Crippen molar-refractivity contribution < 1.29 is 14.4 Å². The van der Waals surface area contributed by atoms with Crippen molar-refractivity contribution in [2.24, 2.45) is 0 Å². The summed E-state index contributed by atoms with van der Waals surface area (Å²) in [6.45, 7) is 3.32. The maximum atomic E-state index is 13.6. The molecule has 0 bridgehead atoms. The van der Waals surface area contributed by atoms with Crippen LogP contribution in [0.3, 0.4) is 0 Å². The molecule has 168 valence electrons. The number of nitrogens with one attached hydrogen (secondary N) is 1. The summed E-state index contributed by atoms with van der Waals surface area (Å²) in [5, 5.41) is 2.71. The van der Waals surface area contributed by atoms with Gasteiger partial charge in [0.2, 0.25) is 11.8 Å². The molecule has 3 aromatic rings. The number of benzene rings is 3. The molecule has 1 aliphatic heterocycles. The standard InChI is InChI=1S/C27H27N3O3/c1-20(31)28-24-14-8-13-23(19-24)26(32)29-15-17-30(18-16-29)27(33)25(21-9-4-2-5-10-21)22-11-6-3-7-12-22/h2-14,19,25H,15-18H2,1H3,(H,28,31). The first-order valence-electron chi connectivity index (χ1n) is 11.1. The SMILES string of the molecule is CC(=O)Nc1cccc(C(=O)N2CCN(C(=O)C(c3ccccc3)c3ccccc3)CC2)c1. The lowest BCUT2D eigenvalue weighted by Crippen LogP contribution is -2.51. The largest absolute Gasteiger partial charge is 0.338 e. The van der Waals surface area contributed by atoms with Gasteiger partial charge in [-0.25, -0.2) is 0 Å². The summed E-state index contributed by atoms with van der Waals surface area (Å²) in [6, 6.07) is 26.5. The number of anilines is 1. The van der Waals surface area contributed by atoms with E-state index in [1.807, 2.05) is 65.6 Å². The van der Waals surface area contributed by atoms with Crippen molar-refractivity contribution in [1.29, 1.82) is 0 Å². The Kier molecular flexibility index (Phi) is 6.83. The van der Waals surface area contributed by atoms with Crippen LogP contribution in [0.5, 0.6) is 0 Å². The van der Waals surface area contributed by atoms with E-state index in [0.717, 1.165) is 11.1 Å². The van der Waals surface area contributed by atoms with Gasteiger partial charge in [0.25, 0.3) is 5.91 Å². The van der Waals surface area contributed by atoms with E-state index in [1.165, 1.54) is 6.92 Å². The molecule has 33 heavy (non-hydrogen) atoms. The summed E-state index contributed by atoms with van der Waals surface area (Å²) in [5.41, 5.74) is 3.03. The van der Waals surface area contributed by atoms with Gasteiger partial charge in [-0.3, -0.25) is 14.4 Å². The fourth-order valence-corrected chi connectivity index (χ4v) is 4.20. The smallest absolute Gasteiger partial charge is 0.254 e. The minimum atomic E-state index is -0.371. The third-order valence-corrected chi connectivity index (χ3v) is 5.82. The number of carbonyl (C=O) groups is 3. The fourth-order valence-electron chi connectivity index (χ4n) is 4.20. The van der Waals surface area contributed by atoms with Gasteiger partial charge in [-0.2, -0.15) is 0 Å². The molecule has 6 nitrogen and oxygen atoms in total. The van der Waals surface area contributed by atoms with Crippen LogP contribution in [-0.2, 0) is 9.59 Å². The Labute approximate surface area is 193 Å². The zero-order valence-electron chi connectivity index (χ0n) is 18.6. The van der Waals surface area contributed by atoms with Crippen LogP contribution in [-0.4, -0.2) is 53.7 Å². The number of nitrogens with zero attached hydrogens (tertiary/aromatic N) is 2. The summed E-state index contributed by atoms with van der Waals surface area (Å²) >= 11 is 0. The molecule has 0 radical (unpaired) electrons. The first-order valence-corrected chi connectivity index (χ1v) is 11.1. The average molecular weight is 442 g/mol. The molecule has 0 spiro atoms. The highest BCUT2D eigenvalue weighted by molar-refractivity contribution is 5.97. The van der Waals surface area contributed by atoms with Crippen molar-refractivity contribution in [2.45, 2.75) is 12.8 Å². The van der Waals surface area contributed by atoms with Gasteiger partial charge in [-0.15, -0.1) is 0 Å². The second kappa shape index (κ2) is 10.1. The van der Waals surface area contributed by atoms with Gasteiger partial charge in [0.05, 0.1) is 5.92 Å². The highest BCUT2D eigenvalue weighted by Crippen LogP contribution is 2.27. The van der Waals surface area contributed by atoms with Crippen LogP contribution >= 0.6 is 0 Å². The Balaban J connectivity index is 1.46. The second-order valence-electron chi connectivity index (χ2n) is 8.13. The van der Waals surface area contributed by atoms with Crippen LogP contribution in [0.15, 0.2) is 84.9 Å². The van der Waals surface area contributed by atoms with E-state index in [4.69, 9.17) is 0 Å². The number of amides is 3. The Morgan fingerprint density at radius 2 is 1.27 bits per heavy atom. The summed E-state index contributed by atoms with van der Waals surface area (Å²) < 4.78 is 0. The maximum Gasteiger partial charge on any atom is 0.254 e. The van der Waals surface area contributed by atoms with Crippen LogP contribution in [0.25, 0.3) is 0 Å². The minimum absolute atomic E-state index is 0.0483. The van der Waals surface area contributed by atoms with E-state index >= 15 is 0 Å². The molecule has 4 rings (SSSR count). The maximum absolute atomic E-state index is 13.6. The number of rotatable bonds is 5. The minimum Gasteiger partial charge on any atom is -0.338 e. The predicted molar refractivity (Wildman–Crippen MR) is 128 cm³/mol. The molecule has 1 fully saturated rings. The molecule has 1 heterocycles. The van der Waals surface area contributed by atoms with Crippen LogP contribution in [0.2, 0.25) is 0 Å². The highest BCUT2D eigenvalue weighted by Gasteiger charge is 2.31. The Morgan fingerprint density at radius 3 is 1.82 bits per heavy atom. The molecule has 3 aromatic carbocycles. The molecule has 1 N–H and O–H groups in total. The summed E-state index contributed by atoms with van der Waals surface area (Å²) in [7, 11) is 0. The molecule has 6 heteroatoms. The monoisotopic (exact) mass is 441 g/mol. The van der Waals surface area contributed by atoms with E-state index in [-0.39, 0.29) is 23.6 Å². The summed E-state index contributed by atoms with van der Waals surface area (Å²) in [6.07, 6.45) is 0. The van der Waals surface area contributed by atoms with E-state index < -0.39 is 0 Å². The Bertz CT molecular complexity index is 1080. The molecule has 3 amide bonds. The lowest BCUT2D eigenvalue weighted by molar-refractivity contribution is -0.133. The first kappa shape index (κ1) is 22.3. The van der Waals surface area contributed by atoms with Crippen LogP contribution in [0.4, 0.5) is 5.69 Å². The van der Waals surface area contributed by atoms with Crippen molar-refractivity contribution in [3.05, 3.63) is 102 Å². The number of piperazine rings is 1. The molecule has 0 aromatic heterocycles. The van der Waals surface area contributed by atoms with Crippen LogP contribution in [0, 0.1) is 0 Å². The normalized spacial score (nSPS) is 13.6. The van der Waals surface area contributed by atoms with E-state index in [0.29, 0.717) is 37.4 Å². The molecule has 1 saturated heterocycles. The van der Waals surface area contributed by atoms with Crippen molar-refractivity contribution in [1.82, 2.24) is 9.80 Å². The fraction of sp³-hybridized carbons (Fsp3) is 0.222. The summed E-state index contributed by atoms with van der Waals surface area (Å²) in [4.78, 5) is 41.5. The molecule has 0 saturated carbocycles. The number of carbonyl (C=O) groups excluding carboxylic acids is 3. The third kappa shape index (κ3) is 5.29. The van der Waals surface area contributed by atoms with Crippen molar-refractivity contribution >= 4 is 23.4 Å². The Morgan fingerprint density at radius 1 is 0.727 bits per heavy atom. The highest BCUT2D eigenvalue weighted by atomic mass is 16.2.